The van der Waals surface area contributed by atoms with Crippen molar-refractivity contribution in [1.82, 2.24) is 30.1 Å². The van der Waals surface area contributed by atoms with Crippen LogP contribution in [-0.4, -0.2) is 51.1 Å². The zero-order valence-electron chi connectivity index (χ0n) is 17.1. The molecule has 7 nitrogen and oxygen atoms in total. The van der Waals surface area contributed by atoms with E-state index >= 15 is 0 Å². The van der Waals surface area contributed by atoms with Gasteiger partial charge < -0.3 is 10.6 Å². The van der Waals surface area contributed by atoms with Gasteiger partial charge in [-0.25, -0.2) is 0 Å². The minimum Gasteiger partial charge on any atom is -0.354 e. The molecular weight excluding hydrogens is 362 g/mol. The summed E-state index contributed by atoms with van der Waals surface area (Å²) in [4.78, 5) is 6.96. The Balaban J connectivity index is 1.29. The quantitative estimate of drug-likeness (QED) is 0.516. The van der Waals surface area contributed by atoms with Crippen molar-refractivity contribution in [2.75, 3.05) is 13.6 Å². The van der Waals surface area contributed by atoms with E-state index in [2.05, 4.69) is 68.0 Å². The molecule has 7 heteroatoms. The second kappa shape index (κ2) is 9.05. The van der Waals surface area contributed by atoms with Crippen LogP contribution in [0.5, 0.6) is 0 Å². The number of aromatic nitrogens is 3. The number of likely N-dealkylation sites (tertiary alicyclic amines) is 1. The molecule has 0 bridgehead atoms. The summed E-state index contributed by atoms with van der Waals surface area (Å²) < 4.78 is 1.99. The summed E-state index contributed by atoms with van der Waals surface area (Å²) in [5.41, 5.74) is 2.23. The second-order valence-corrected chi connectivity index (χ2v) is 7.64. The molecule has 2 unspecified atom stereocenters. The van der Waals surface area contributed by atoms with E-state index in [-0.39, 0.29) is 0 Å². The lowest BCUT2D eigenvalue weighted by molar-refractivity contribution is 0.134. The molecule has 0 spiro atoms. The molecule has 2 aromatic heterocycles. The highest BCUT2D eigenvalue weighted by molar-refractivity contribution is 5.79. The number of fused-ring (bicyclic) bond motifs is 1. The molecule has 1 aliphatic heterocycles. The lowest BCUT2D eigenvalue weighted by Gasteiger charge is -2.38. The number of nitrogens with one attached hydrogen (secondary N) is 2. The van der Waals surface area contributed by atoms with Crippen LogP contribution < -0.4 is 10.6 Å². The molecule has 0 aliphatic carbocycles. The van der Waals surface area contributed by atoms with Gasteiger partial charge in [0.1, 0.15) is 0 Å². The van der Waals surface area contributed by atoms with E-state index in [0.29, 0.717) is 18.6 Å². The summed E-state index contributed by atoms with van der Waals surface area (Å²) in [5.74, 6) is 1.68. The lowest BCUT2D eigenvalue weighted by Crippen LogP contribution is -2.51. The summed E-state index contributed by atoms with van der Waals surface area (Å²) in [6.45, 7) is 4.99. The molecule has 152 valence electrons. The monoisotopic (exact) mass is 391 g/mol. The van der Waals surface area contributed by atoms with Gasteiger partial charge in [-0.15, -0.1) is 10.2 Å². The van der Waals surface area contributed by atoms with E-state index in [1.54, 1.807) is 0 Å². The molecule has 2 atom stereocenters. The zero-order chi connectivity index (χ0) is 20.1. The maximum atomic E-state index is 4.40. The van der Waals surface area contributed by atoms with Gasteiger partial charge in [0.15, 0.2) is 17.4 Å². The van der Waals surface area contributed by atoms with Crippen molar-refractivity contribution in [2.45, 2.75) is 44.9 Å². The third-order valence-corrected chi connectivity index (χ3v) is 5.60. The molecule has 3 aromatic rings. The van der Waals surface area contributed by atoms with Gasteiger partial charge in [0.25, 0.3) is 0 Å². The fourth-order valence-electron chi connectivity index (χ4n) is 3.97. The van der Waals surface area contributed by atoms with Gasteiger partial charge in [-0.05, 0) is 37.5 Å². The molecule has 0 saturated carbocycles. The van der Waals surface area contributed by atoms with Gasteiger partial charge in [0.05, 0.1) is 6.54 Å². The van der Waals surface area contributed by atoms with Gasteiger partial charge >= 0.3 is 0 Å². The fourth-order valence-corrected chi connectivity index (χ4v) is 3.97. The van der Waals surface area contributed by atoms with Crippen LogP contribution in [0.25, 0.3) is 5.65 Å². The Labute approximate surface area is 171 Å². The number of guanidine groups is 1. The first-order valence-corrected chi connectivity index (χ1v) is 10.3. The van der Waals surface area contributed by atoms with E-state index in [0.717, 1.165) is 43.4 Å². The molecule has 1 aliphatic rings. The molecule has 1 aromatic carbocycles. The molecule has 0 radical (unpaired) electrons. The molecule has 0 amide bonds. The van der Waals surface area contributed by atoms with Gasteiger partial charge in [0, 0.05) is 38.4 Å². The van der Waals surface area contributed by atoms with Crippen molar-refractivity contribution >= 4 is 11.6 Å². The molecular formula is C22H29N7. The summed E-state index contributed by atoms with van der Waals surface area (Å²) in [5, 5.41) is 15.4. The lowest BCUT2D eigenvalue weighted by atomic mass is 9.97. The van der Waals surface area contributed by atoms with E-state index in [4.69, 9.17) is 0 Å². The maximum absolute atomic E-state index is 4.40. The van der Waals surface area contributed by atoms with Crippen LogP contribution >= 0.6 is 0 Å². The molecule has 2 N–H and O–H groups in total. The van der Waals surface area contributed by atoms with Crippen molar-refractivity contribution in [3.05, 3.63) is 66.1 Å². The Morgan fingerprint density at radius 3 is 2.76 bits per heavy atom. The van der Waals surface area contributed by atoms with Gasteiger partial charge in [-0.2, -0.15) is 0 Å². The third kappa shape index (κ3) is 4.74. The van der Waals surface area contributed by atoms with E-state index in [1.807, 2.05) is 35.8 Å². The zero-order valence-corrected chi connectivity index (χ0v) is 17.1. The number of benzene rings is 1. The van der Waals surface area contributed by atoms with Gasteiger partial charge in [-0.3, -0.25) is 14.3 Å². The number of nitrogens with zero attached hydrogens (tertiary/aromatic N) is 5. The number of hydrogen-bond acceptors (Lipinski definition) is 4. The summed E-state index contributed by atoms with van der Waals surface area (Å²) in [6, 6.07) is 17.6. The van der Waals surface area contributed by atoms with Crippen LogP contribution in [0.15, 0.2) is 59.7 Å². The summed E-state index contributed by atoms with van der Waals surface area (Å²) >= 11 is 0. The second-order valence-electron chi connectivity index (χ2n) is 7.64. The van der Waals surface area contributed by atoms with Crippen LogP contribution in [-0.2, 0) is 13.1 Å². The molecule has 29 heavy (non-hydrogen) atoms. The van der Waals surface area contributed by atoms with E-state index < -0.39 is 0 Å². The number of aliphatic imine (C=N–C) groups is 1. The predicted molar refractivity (Wildman–Crippen MR) is 116 cm³/mol. The number of piperidine rings is 1. The molecule has 1 saturated heterocycles. The Morgan fingerprint density at radius 1 is 1.14 bits per heavy atom. The first-order valence-electron chi connectivity index (χ1n) is 10.3. The van der Waals surface area contributed by atoms with Crippen LogP contribution in [0.1, 0.15) is 31.2 Å². The van der Waals surface area contributed by atoms with Crippen LogP contribution in [0.3, 0.4) is 0 Å². The first-order chi connectivity index (χ1) is 14.2. The Hall–Kier alpha value is -2.93. The largest absolute Gasteiger partial charge is 0.354 e. The summed E-state index contributed by atoms with van der Waals surface area (Å²) in [7, 11) is 1.81. The first kappa shape index (κ1) is 19.4. The Bertz CT molecular complexity index is 950. The molecule has 1 fully saturated rings. The average Bonchev–Trinajstić information content (AvgIpc) is 3.17. The predicted octanol–water partition coefficient (Wildman–Crippen LogP) is 2.45. The van der Waals surface area contributed by atoms with Gasteiger partial charge in [0.2, 0.25) is 0 Å². The van der Waals surface area contributed by atoms with E-state index in [9.17, 15) is 0 Å². The number of rotatable bonds is 5. The highest BCUT2D eigenvalue weighted by Crippen LogP contribution is 2.20. The third-order valence-electron chi connectivity index (χ3n) is 5.60. The van der Waals surface area contributed by atoms with Crippen LogP contribution in [0.4, 0.5) is 0 Å². The average molecular weight is 392 g/mol. The Morgan fingerprint density at radius 2 is 1.97 bits per heavy atom. The molecule has 3 heterocycles. The smallest absolute Gasteiger partial charge is 0.191 e. The van der Waals surface area contributed by atoms with Crippen LogP contribution in [0.2, 0.25) is 0 Å². The van der Waals surface area contributed by atoms with Crippen molar-refractivity contribution in [3.8, 4) is 0 Å². The highest BCUT2D eigenvalue weighted by Gasteiger charge is 2.26. The summed E-state index contributed by atoms with van der Waals surface area (Å²) in [6.07, 6.45) is 4.18. The number of pyridine rings is 1. The fraction of sp³-hybridized carbons (Fsp3) is 0.409. The normalized spacial score (nSPS) is 20.7. The van der Waals surface area contributed by atoms with Crippen molar-refractivity contribution in [3.63, 3.8) is 0 Å². The van der Waals surface area contributed by atoms with Crippen molar-refractivity contribution < 1.29 is 0 Å². The maximum Gasteiger partial charge on any atom is 0.191 e. The topological polar surface area (TPSA) is 69.8 Å². The standard InChI is InChI=1S/C22H29N7/c1-17-14-19(11-13-28(17)16-18-8-4-3-5-9-18)25-22(23-2)24-15-21-27-26-20-10-6-7-12-29(20)21/h3-10,12,17,19H,11,13-16H2,1-2H3,(H2,23,24,25). The molecule has 4 rings (SSSR count). The van der Waals surface area contributed by atoms with Crippen LogP contribution in [0, 0.1) is 0 Å². The number of hydrogen-bond donors (Lipinski definition) is 2. The minimum atomic E-state index is 0.415. The SMILES string of the molecule is CN=C(NCc1nnc2ccccn12)NC1CCN(Cc2ccccc2)C(C)C1. The van der Waals surface area contributed by atoms with Crippen molar-refractivity contribution in [1.29, 1.82) is 0 Å². The minimum absolute atomic E-state index is 0.415. The van der Waals surface area contributed by atoms with Gasteiger partial charge in [-0.1, -0.05) is 36.4 Å². The van der Waals surface area contributed by atoms with E-state index in [1.165, 1.54) is 5.56 Å². The highest BCUT2D eigenvalue weighted by atomic mass is 15.3. The Kier molecular flexibility index (Phi) is 6.05. The van der Waals surface area contributed by atoms with Crippen molar-refractivity contribution in [2.24, 2.45) is 4.99 Å².